The average Bonchev–Trinajstić information content (AvgIpc) is 2.51. The van der Waals surface area contributed by atoms with E-state index in [4.69, 9.17) is 16.2 Å². The second-order valence-electron chi connectivity index (χ2n) is 5.22. The van der Waals surface area contributed by atoms with Gasteiger partial charge in [0, 0.05) is 5.56 Å². The molecule has 0 saturated heterocycles. The van der Waals surface area contributed by atoms with Crippen LogP contribution in [0, 0.1) is 13.8 Å². The molecule has 0 bridgehead atoms. The highest BCUT2D eigenvalue weighted by Crippen LogP contribution is 2.29. The molecule has 0 radical (unpaired) electrons. The van der Waals surface area contributed by atoms with Crippen molar-refractivity contribution in [3.05, 3.63) is 53.6 Å². The number of hydrogen-bond acceptors (Lipinski definition) is 6. The first-order valence-electron chi connectivity index (χ1n) is 7.14. The van der Waals surface area contributed by atoms with Gasteiger partial charge in [-0.1, -0.05) is 18.2 Å². The van der Waals surface area contributed by atoms with Crippen molar-refractivity contribution in [2.24, 2.45) is 0 Å². The summed E-state index contributed by atoms with van der Waals surface area (Å²) in [4.78, 5) is 11.9. The summed E-state index contributed by atoms with van der Waals surface area (Å²) < 4.78 is 5.98. The van der Waals surface area contributed by atoms with Crippen molar-refractivity contribution >= 4 is 11.9 Å². The van der Waals surface area contributed by atoms with Crippen LogP contribution in [0.2, 0.25) is 0 Å². The Morgan fingerprint density at radius 3 is 1.91 bits per heavy atom. The van der Waals surface area contributed by atoms with Crippen molar-refractivity contribution in [2.45, 2.75) is 13.8 Å². The van der Waals surface area contributed by atoms with Crippen LogP contribution in [0.3, 0.4) is 0 Å². The topological polar surface area (TPSA) is 99.9 Å². The van der Waals surface area contributed by atoms with Crippen molar-refractivity contribution in [3.63, 3.8) is 0 Å². The van der Waals surface area contributed by atoms with Gasteiger partial charge in [-0.25, -0.2) is 0 Å². The summed E-state index contributed by atoms with van der Waals surface area (Å²) in [5, 5.41) is 0. The van der Waals surface area contributed by atoms with Gasteiger partial charge in [0.25, 0.3) is 0 Å². The van der Waals surface area contributed by atoms with Crippen molar-refractivity contribution in [2.75, 3.05) is 11.5 Å². The van der Waals surface area contributed by atoms with Gasteiger partial charge < -0.3 is 16.2 Å². The lowest BCUT2D eigenvalue weighted by Gasteiger charge is -2.11. The molecule has 2 aromatic carbocycles. The van der Waals surface area contributed by atoms with Gasteiger partial charge in [-0.2, -0.15) is 15.0 Å². The number of rotatable bonds is 3. The highest BCUT2D eigenvalue weighted by molar-refractivity contribution is 5.58. The molecular formula is C17H17N5O. The van der Waals surface area contributed by atoms with Crippen LogP contribution in [0.1, 0.15) is 11.1 Å². The number of nitrogens with two attached hydrogens (primary N) is 2. The van der Waals surface area contributed by atoms with Gasteiger partial charge in [-0.3, -0.25) is 0 Å². The Hall–Kier alpha value is -3.15. The molecule has 6 nitrogen and oxygen atoms in total. The highest BCUT2D eigenvalue weighted by atomic mass is 16.5. The Kier molecular flexibility index (Phi) is 3.80. The van der Waals surface area contributed by atoms with Gasteiger partial charge >= 0.3 is 0 Å². The Morgan fingerprint density at radius 2 is 1.35 bits per heavy atom. The predicted molar refractivity (Wildman–Crippen MR) is 90.1 cm³/mol. The molecule has 3 rings (SSSR count). The maximum atomic E-state index is 5.98. The van der Waals surface area contributed by atoms with E-state index in [9.17, 15) is 0 Å². The number of benzene rings is 2. The fourth-order valence-electron chi connectivity index (χ4n) is 2.29. The number of nitrogens with zero attached hydrogens (tertiary/aromatic N) is 3. The van der Waals surface area contributed by atoms with E-state index in [0.717, 1.165) is 28.2 Å². The quantitative estimate of drug-likeness (QED) is 0.771. The van der Waals surface area contributed by atoms with Crippen LogP contribution in [0.25, 0.3) is 11.4 Å². The van der Waals surface area contributed by atoms with Crippen molar-refractivity contribution < 1.29 is 4.74 Å². The summed E-state index contributed by atoms with van der Waals surface area (Å²) in [6.45, 7) is 4.04. The minimum absolute atomic E-state index is 0.100. The zero-order valence-electron chi connectivity index (χ0n) is 12.9. The number of ether oxygens (including phenoxy) is 1. The first-order chi connectivity index (χ1) is 11.0. The Balaban J connectivity index is 1.88. The predicted octanol–water partition coefficient (Wildman–Crippen LogP) is 3.11. The van der Waals surface area contributed by atoms with Crippen LogP contribution in [-0.4, -0.2) is 15.0 Å². The number of aromatic nitrogens is 3. The number of hydrogen-bond donors (Lipinski definition) is 2. The molecule has 6 heteroatoms. The summed E-state index contributed by atoms with van der Waals surface area (Å²) in [7, 11) is 0. The van der Waals surface area contributed by atoms with E-state index < -0.39 is 0 Å². The third-order valence-corrected chi connectivity index (χ3v) is 3.41. The second kappa shape index (κ2) is 5.92. The van der Waals surface area contributed by atoms with Gasteiger partial charge in [0.2, 0.25) is 11.9 Å². The first kappa shape index (κ1) is 14.8. The van der Waals surface area contributed by atoms with Crippen LogP contribution < -0.4 is 16.2 Å². The molecule has 1 aromatic heterocycles. The van der Waals surface area contributed by atoms with E-state index in [-0.39, 0.29) is 11.9 Å². The molecule has 0 aliphatic carbocycles. The van der Waals surface area contributed by atoms with E-state index in [1.165, 1.54) is 0 Å². The molecule has 0 unspecified atom stereocenters. The van der Waals surface area contributed by atoms with Crippen molar-refractivity contribution in [1.82, 2.24) is 15.0 Å². The summed E-state index contributed by atoms with van der Waals surface area (Å²) in [6.07, 6.45) is 0. The van der Waals surface area contributed by atoms with Gasteiger partial charge in [0.1, 0.15) is 11.5 Å². The minimum atomic E-state index is 0.100. The molecule has 0 amide bonds. The molecule has 116 valence electrons. The van der Waals surface area contributed by atoms with Gasteiger partial charge in [-0.15, -0.1) is 0 Å². The van der Waals surface area contributed by atoms with Crippen LogP contribution >= 0.6 is 0 Å². The maximum Gasteiger partial charge on any atom is 0.225 e. The lowest BCUT2D eigenvalue weighted by atomic mass is 10.1. The third kappa shape index (κ3) is 3.21. The highest BCUT2D eigenvalue weighted by Gasteiger charge is 2.07. The summed E-state index contributed by atoms with van der Waals surface area (Å²) in [6, 6.07) is 13.5. The lowest BCUT2D eigenvalue weighted by Crippen LogP contribution is -2.04. The van der Waals surface area contributed by atoms with Gasteiger partial charge in [0.15, 0.2) is 5.82 Å². The Labute approximate surface area is 134 Å². The van der Waals surface area contributed by atoms with E-state index in [0.29, 0.717) is 5.82 Å². The van der Waals surface area contributed by atoms with E-state index in [2.05, 4.69) is 15.0 Å². The van der Waals surface area contributed by atoms with Gasteiger partial charge in [-0.05, 0) is 49.2 Å². The molecule has 4 N–H and O–H groups in total. The monoisotopic (exact) mass is 307 g/mol. The molecule has 0 aliphatic heterocycles. The van der Waals surface area contributed by atoms with Crippen LogP contribution in [0.5, 0.6) is 11.5 Å². The Bertz CT molecular complexity index is 806. The van der Waals surface area contributed by atoms with Crippen molar-refractivity contribution in [1.29, 1.82) is 0 Å². The molecule has 0 aliphatic rings. The SMILES string of the molecule is Cc1cccc(C)c1Oc1ccc(-c2nc(N)nc(N)n2)cc1. The summed E-state index contributed by atoms with van der Waals surface area (Å²) >= 11 is 0. The lowest BCUT2D eigenvalue weighted by molar-refractivity contribution is 0.475. The van der Waals surface area contributed by atoms with E-state index in [1.54, 1.807) is 0 Å². The Morgan fingerprint density at radius 1 is 0.783 bits per heavy atom. The maximum absolute atomic E-state index is 5.98. The molecule has 3 aromatic rings. The molecule has 0 fully saturated rings. The summed E-state index contributed by atoms with van der Waals surface area (Å²) in [5.74, 6) is 2.25. The summed E-state index contributed by atoms with van der Waals surface area (Å²) in [5.41, 5.74) is 14.2. The zero-order valence-corrected chi connectivity index (χ0v) is 12.9. The molecule has 1 heterocycles. The smallest absolute Gasteiger partial charge is 0.225 e. The van der Waals surface area contributed by atoms with E-state index >= 15 is 0 Å². The first-order valence-corrected chi connectivity index (χ1v) is 7.14. The van der Waals surface area contributed by atoms with Crippen LogP contribution in [0.15, 0.2) is 42.5 Å². The van der Waals surface area contributed by atoms with Crippen molar-refractivity contribution in [3.8, 4) is 22.9 Å². The third-order valence-electron chi connectivity index (χ3n) is 3.41. The standard InChI is InChI=1S/C17H17N5O/c1-10-4-3-5-11(2)14(10)23-13-8-6-12(7-9-13)15-20-16(18)22-17(19)21-15/h3-9H,1-2H3,(H4,18,19,20,21,22). The minimum Gasteiger partial charge on any atom is -0.457 e. The van der Waals surface area contributed by atoms with Gasteiger partial charge in [0.05, 0.1) is 0 Å². The second-order valence-corrected chi connectivity index (χ2v) is 5.22. The number of anilines is 2. The van der Waals surface area contributed by atoms with Crippen LogP contribution in [0.4, 0.5) is 11.9 Å². The molecule has 0 saturated carbocycles. The average molecular weight is 307 g/mol. The van der Waals surface area contributed by atoms with Crippen LogP contribution in [-0.2, 0) is 0 Å². The normalized spacial score (nSPS) is 10.5. The zero-order chi connectivity index (χ0) is 16.4. The molecule has 0 spiro atoms. The fourth-order valence-corrected chi connectivity index (χ4v) is 2.29. The molecule has 23 heavy (non-hydrogen) atoms. The number of nitrogen functional groups attached to an aromatic ring is 2. The number of para-hydroxylation sites is 1. The molecule has 0 atom stereocenters. The van der Waals surface area contributed by atoms with E-state index in [1.807, 2.05) is 56.3 Å². The fraction of sp³-hybridized carbons (Fsp3) is 0.118. The largest absolute Gasteiger partial charge is 0.457 e. The molecular weight excluding hydrogens is 290 g/mol. The number of aryl methyl sites for hydroxylation is 2.